The average molecular weight is 333 g/mol. The van der Waals surface area contributed by atoms with Gasteiger partial charge in [0.25, 0.3) is 10.0 Å². The van der Waals surface area contributed by atoms with E-state index in [1.54, 1.807) is 0 Å². The number of sulfonamides is 1. The van der Waals surface area contributed by atoms with E-state index >= 15 is 0 Å². The number of carboxylic acid groups (broad SMARTS) is 1. The van der Waals surface area contributed by atoms with Crippen molar-refractivity contribution in [2.24, 2.45) is 0 Å². The SMILES string of the molecule is CC(C)(ONS(=O)(=O)c1ccc(C(F)(F)F)s1)C(=O)O. The fourth-order valence-corrected chi connectivity index (χ4v) is 2.92. The van der Waals surface area contributed by atoms with E-state index in [1.807, 2.05) is 0 Å². The Hall–Kier alpha value is -1.17. The van der Waals surface area contributed by atoms with Crippen LogP contribution in [0.25, 0.3) is 0 Å². The Bertz CT molecular complexity index is 605. The molecule has 0 radical (unpaired) electrons. The maximum Gasteiger partial charge on any atom is 0.425 e. The molecule has 0 aliphatic carbocycles. The van der Waals surface area contributed by atoms with Gasteiger partial charge in [0.1, 0.15) is 9.09 Å². The molecule has 1 heterocycles. The van der Waals surface area contributed by atoms with Crippen LogP contribution in [0.2, 0.25) is 0 Å². The fourth-order valence-electron chi connectivity index (χ4n) is 0.861. The molecule has 0 atom stereocenters. The summed E-state index contributed by atoms with van der Waals surface area (Å²) >= 11 is 0.00285. The molecule has 0 spiro atoms. The molecule has 1 aromatic rings. The highest BCUT2D eigenvalue weighted by atomic mass is 32.2. The second-order valence-electron chi connectivity index (χ2n) is 4.12. The Kier molecular flexibility index (Phi) is 4.49. The van der Waals surface area contributed by atoms with Crippen molar-refractivity contribution in [3.63, 3.8) is 0 Å². The predicted octanol–water partition coefficient (Wildman–Crippen LogP) is 1.84. The smallest absolute Gasteiger partial charge is 0.425 e. The van der Waals surface area contributed by atoms with Gasteiger partial charge in [-0.25, -0.2) is 13.2 Å². The normalized spacial score (nSPS) is 13.4. The Morgan fingerprint density at radius 3 is 2.30 bits per heavy atom. The van der Waals surface area contributed by atoms with Crippen molar-refractivity contribution in [1.82, 2.24) is 4.89 Å². The van der Waals surface area contributed by atoms with Crippen molar-refractivity contribution in [3.8, 4) is 0 Å². The lowest BCUT2D eigenvalue weighted by atomic mass is 10.1. The summed E-state index contributed by atoms with van der Waals surface area (Å²) < 4.78 is 59.7. The van der Waals surface area contributed by atoms with E-state index in [-0.39, 0.29) is 11.3 Å². The molecular weight excluding hydrogens is 323 g/mol. The van der Waals surface area contributed by atoms with Gasteiger partial charge in [0.05, 0.1) is 0 Å². The zero-order chi connectivity index (χ0) is 15.8. The quantitative estimate of drug-likeness (QED) is 0.802. The number of carboxylic acids is 1. The van der Waals surface area contributed by atoms with Crippen molar-refractivity contribution < 1.29 is 36.3 Å². The van der Waals surface area contributed by atoms with Gasteiger partial charge in [0.2, 0.25) is 0 Å². The molecule has 0 aliphatic heterocycles. The lowest BCUT2D eigenvalue weighted by Crippen LogP contribution is -2.41. The van der Waals surface area contributed by atoms with E-state index in [9.17, 15) is 26.4 Å². The average Bonchev–Trinajstić information content (AvgIpc) is 2.76. The molecule has 0 amide bonds. The summed E-state index contributed by atoms with van der Waals surface area (Å²) in [5.41, 5.74) is -1.86. The van der Waals surface area contributed by atoms with Crippen LogP contribution in [0, 0.1) is 0 Å². The predicted molar refractivity (Wildman–Crippen MR) is 62.4 cm³/mol. The molecule has 6 nitrogen and oxygen atoms in total. The molecule has 20 heavy (non-hydrogen) atoms. The molecular formula is C9H10F3NO5S2. The van der Waals surface area contributed by atoms with Gasteiger partial charge in [0, 0.05) is 0 Å². The first kappa shape index (κ1) is 16.9. The number of hydrogen-bond donors (Lipinski definition) is 2. The van der Waals surface area contributed by atoms with E-state index in [1.165, 1.54) is 4.89 Å². The standard InChI is InChI=1S/C9H10F3NO5S2/c1-8(2,7(14)15)18-13-20(16,17)6-4-3-5(19-6)9(10,11)12/h3-4,13H,1-2H3,(H,14,15). The summed E-state index contributed by atoms with van der Waals surface area (Å²) in [5, 5.41) is 8.71. The minimum atomic E-state index is -4.65. The van der Waals surface area contributed by atoms with Gasteiger partial charge >= 0.3 is 12.1 Å². The number of nitrogens with one attached hydrogen (secondary N) is 1. The van der Waals surface area contributed by atoms with Gasteiger partial charge in [-0.15, -0.1) is 11.3 Å². The third kappa shape index (κ3) is 3.91. The lowest BCUT2D eigenvalue weighted by Gasteiger charge is -2.19. The molecule has 1 rings (SSSR count). The van der Waals surface area contributed by atoms with E-state index in [0.29, 0.717) is 6.07 Å². The number of thiophene rings is 1. The molecule has 11 heteroatoms. The molecule has 0 aliphatic rings. The second kappa shape index (κ2) is 5.31. The Morgan fingerprint density at radius 2 is 1.90 bits per heavy atom. The highest BCUT2D eigenvalue weighted by molar-refractivity contribution is 7.91. The maximum atomic E-state index is 12.4. The van der Waals surface area contributed by atoms with Crippen LogP contribution in [0.4, 0.5) is 13.2 Å². The summed E-state index contributed by atoms with van der Waals surface area (Å²) in [5.74, 6) is -1.44. The number of hydrogen-bond acceptors (Lipinski definition) is 5. The first-order chi connectivity index (χ1) is 8.86. The molecule has 0 bridgehead atoms. The fraction of sp³-hybridized carbons (Fsp3) is 0.444. The first-order valence-corrected chi connectivity index (χ1v) is 7.26. The number of aliphatic carboxylic acids is 1. The summed E-state index contributed by atoms with van der Waals surface area (Å²) in [6, 6.07) is 1.37. The third-order valence-corrected chi connectivity index (χ3v) is 4.85. The third-order valence-electron chi connectivity index (χ3n) is 2.05. The molecule has 1 aromatic heterocycles. The monoisotopic (exact) mass is 333 g/mol. The van der Waals surface area contributed by atoms with Crippen LogP contribution in [0.15, 0.2) is 16.3 Å². The van der Waals surface area contributed by atoms with Crippen molar-refractivity contribution in [2.75, 3.05) is 0 Å². The van der Waals surface area contributed by atoms with Crippen molar-refractivity contribution in [1.29, 1.82) is 0 Å². The van der Waals surface area contributed by atoms with Crippen LogP contribution in [0.3, 0.4) is 0 Å². The summed E-state index contributed by atoms with van der Waals surface area (Å²) in [6.45, 7) is 2.15. The van der Waals surface area contributed by atoms with E-state index in [4.69, 9.17) is 5.11 Å². The molecule has 0 saturated heterocycles. The molecule has 0 fully saturated rings. The zero-order valence-corrected chi connectivity index (χ0v) is 11.8. The topological polar surface area (TPSA) is 92.7 Å². The van der Waals surface area contributed by atoms with Crippen molar-refractivity contribution >= 4 is 27.3 Å². The zero-order valence-electron chi connectivity index (χ0n) is 10.2. The van der Waals surface area contributed by atoms with Gasteiger partial charge < -0.3 is 5.11 Å². The van der Waals surface area contributed by atoms with Crippen molar-refractivity contribution in [3.05, 3.63) is 17.0 Å². The molecule has 0 saturated carbocycles. The second-order valence-corrected chi connectivity index (χ2v) is 7.08. The van der Waals surface area contributed by atoms with Crippen molar-refractivity contribution in [2.45, 2.75) is 29.8 Å². The summed E-state index contributed by atoms with van der Waals surface area (Å²) in [6.07, 6.45) is -4.65. The van der Waals surface area contributed by atoms with Crippen LogP contribution >= 0.6 is 11.3 Å². The van der Waals surface area contributed by atoms with Crippen LogP contribution in [-0.2, 0) is 25.8 Å². The number of carbonyl (C=O) groups is 1. The maximum absolute atomic E-state index is 12.4. The van der Waals surface area contributed by atoms with Gasteiger partial charge in [-0.1, -0.05) is 4.89 Å². The minimum absolute atomic E-state index is 0.00285. The highest BCUT2D eigenvalue weighted by Crippen LogP contribution is 2.36. The minimum Gasteiger partial charge on any atom is -0.479 e. The van der Waals surface area contributed by atoms with Gasteiger partial charge in [0.15, 0.2) is 5.60 Å². The molecule has 114 valence electrons. The Balaban J connectivity index is 2.90. The highest BCUT2D eigenvalue weighted by Gasteiger charge is 2.35. The number of rotatable bonds is 5. The van der Waals surface area contributed by atoms with E-state index in [2.05, 4.69) is 4.84 Å². The first-order valence-electron chi connectivity index (χ1n) is 4.96. The van der Waals surface area contributed by atoms with Gasteiger partial charge in [-0.05, 0) is 26.0 Å². The molecule has 2 N–H and O–H groups in total. The number of alkyl halides is 3. The van der Waals surface area contributed by atoms with Gasteiger partial charge in [-0.3, -0.25) is 4.84 Å². The largest absolute Gasteiger partial charge is 0.479 e. The van der Waals surface area contributed by atoms with Crippen LogP contribution in [0.1, 0.15) is 18.7 Å². The Morgan fingerprint density at radius 1 is 1.35 bits per heavy atom. The summed E-state index contributed by atoms with van der Waals surface area (Å²) in [4.78, 5) is 15.6. The lowest BCUT2D eigenvalue weighted by molar-refractivity contribution is -0.165. The molecule has 0 unspecified atom stereocenters. The van der Waals surface area contributed by atoms with Crippen LogP contribution in [0.5, 0.6) is 0 Å². The Labute approximate surface area is 116 Å². The molecule has 0 aromatic carbocycles. The van der Waals surface area contributed by atoms with Crippen LogP contribution in [-0.4, -0.2) is 25.1 Å². The van der Waals surface area contributed by atoms with Gasteiger partial charge in [-0.2, -0.15) is 13.2 Å². The van der Waals surface area contributed by atoms with E-state index in [0.717, 1.165) is 19.9 Å². The summed E-state index contributed by atoms with van der Waals surface area (Å²) in [7, 11) is -4.38. The van der Waals surface area contributed by atoms with Crippen LogP contribution < -0.4 is 4.89 Å². The number of halogens is 3. The van der Waals surface area contributed by atoms with E-state index < -0.39 is 36.9 Å².